The van der Waals surface area contributed by atoms with E-state index in [1.807, 2.05) is 17.5 Å². The first-order chi connectivity index (χ1) is 7.86. The van der Waals surface area contributed by atoms with Gasteiger partial charge in [0.2, 0.25) is 0 Å². The van der Waals surface area contributed by atoms with Gasteiger partial charge in [0, 0.05) is 17.0 Å². The first kappa shape index (κ1) is 10.0. The summed E-state index contributed by atoms with van der Waals surface area (Å²) in [5.74, 6) is 0.627. The second-order valence-corrected chi connectivity index (χ2v) is 5.54. The molecule has 1 aromatic carbocycles. The Morgan fingerprint density at radius 1 is 1.25 bits per heavy atom. The Hall–Kier alpha value is -1.15. The average molecular weight is 229 g/mol. The third kappa shape index (κ3) is 1.67. The summed E-state index contributed by atoms with van der Waals surface area (Å²) in [6.45, 7) is 2.20. The highest BCUT2D eigenvalue weighted by atomic mass is 32.1. The molecule has 0 atom stereocenters. The van der Waals surface area contributed by atoms with Crippen molar-refractivity contribution in [1.29, 1.82) is 0 Å². The first-order valence-electron chi connectivity index (χ1n) is 5.88. The molecule has 0 N–H and O–H groups in total. The fraction of sp³-hybridized carbons (Fsp3) is 0.357. The van der Waals surface area contributed by atoms with E-state index in [1.165, 1.54) is 33.9 Å². The van der Waals surface area contributed by atoms with Crippen LogP contribution in [0, 0.1) is 0 Å². The summed E-state index contributed by atoms with van der Waals surface area (Å²) in [5.41, 5.74) is 3.03. The Morgan fingerprint density at radius 2 is 1.94 bits per heavy atom. The van der Waals surface area contributed by atoms with E-state index in [1.54, 1.807) is 0 Å². The standard InChI is InChI=1S/C14H15NS/c1-2-13-9-15-14(16-13)12-7-10-5-3-4-6-11(10)8-12/h3-6,9,12H,2,7-8H2,1H3. The van der Waals surface area contributed by atoms with Crippen LogP contribution in [0.3, 0.4) is 0 Å². The smallest absolute Gasteiger partial charge is 0.0965 e. The van der Waals surface area contributed by atoms with Crippen LogP contribution in [0.25, 0.3) is 0 Å². The van der Waals surface area contributed by atoms with Gasteiger partial charge in [0.1, 0.15) is 0 Å². The third-order valence-corrected chi connectivity index (χ3v) is 4.62. The highest BCUT2D eigenvalue weighted by Gasteiger charge is 2.24. The molecular formula is C14H15NS. The van der Waals surface area contributed by atoms with E-state index >= 15 is 0 Å². The van der Waals surface area contributed by atoms with Gasteiger partial charge in [-0.05, 0) is 30.4 Å². The van der Waals surface area contributed by atoms with Gasteiger partial charge in [-0.2, -0.15) is 0 Å². The minimum absolute atomic E-state index is 0.627. The number of hydrogen-bond donors (Lipinski definition) is 0. The Labute approximate surface area is 100 Å². The summed E-state index contributed by atoms with van der Waals surface area (Å²) in [6, 6.07) is 8.79. The Morgan fingerprint density at radius 3 is 2.50 bits per heavy atom. The fourth-order valence-electron chi connectivity index (χ4n) is 2.41. The lowest BCUT2D eigenvalue weighted by atomic mass is 10.1. The van der Waals surface area contributed by atoms with Crippen LogP contribution in [0.5, 0.6) is 0 Å². The molecule has 0 amide bonds. The summed E-state index contributed by atoms with van der Waals surface area (Å²) in [7, 11) is 0. The molecule has 1 aliphatic carbocycles. The molecule has 1 aliphatic rings. The Balaban J connectivity index is 1.85. The number of aryl methyl sites for hydroxylation is 1. The van der Waals surface area contributed by atoms with Crippen LogP contribution in [0.15, 0.2) is 30.5 Å². The van der Waals surface area contributed by atoms with Crippen LogP contribution in [-0.4, -0.2) is 4.98 Å². The van der Waals surface area contributed by atoms with Crippen LogP contribution in [-0.2, 0) is 19.3 Å². The van der Waals surface area contributed by atoms with Crippen LogP contribution < -0.4 is 0 Å². The van der Waals surface area contributed by atoms with Gasteiger partial charge >= 0.3 is 0 Å². The Bertz CT molecular complexity index is 476. The number of rotatable bonds is 2. The number of fused-ring (bicyclic) bond motifs is 1. The fourth-order valence-corrected chi connectivity index (χ4v) is 3.37. The molecule has 0 spiro atoms. The van der Waals surface area contributed by atoms with E-state index in [0.717, 1.165) is 6.42 Å². The molecule has 16 heavy (non-hydrogen) atoms. The highest BCUT2D eigenvalue weighted by Crippen LogP contribution is 2.35. The van der Waals surface area contributed by atoms with E-state index in [0.29, 0.717) is 5.92 Å². The molecule has 1 heterocycles. The number of thiazole rings is 1. The summed E-state index contributed by atoms with van der Waals surface area (Å²) in [4.78, 5) is 5.98. The van der Waals surface area contributed by atoms with Gasteiger partial charge in [0.15, 0.2) is 0 Å². The maximum absolute atomic E-state index is 4.57. The maximum Gasteiger partial charge on any atom is 0.0965 e. The zero-order valence-electron chi connectivity index (χ0n) is 9.44. The molecule has 3 rings (SSSR count). The molecule has 0 unspecified atom stereocenters. The highest BCUT2D eigenvalue weighted by molar-refractivity contribution is 7.11. The third-order valence-electron chi connectivity index (χ3n) is 3.32. The molecule has 0 aliphatic heterocycles. The van der Waals surface area contributed by atoms with Gasteiger partial charge in [0.25, 0.3) is 0 Å². The van der Waals surface area contributed by atoms with Crippen molar-refractivity contribution in [3.8, 4) is 0 Å². The van der Waals surface area contributed by atoms with Crippen molar-refractivity contribution < 1.29 is 0 Å². The Kier molecular flexibility index (Phi) is 2.52. The van der Waals surface area contributed by atoms with E-state index in [9.17, 15) is 0 Å². The van der Waals surface area contributed by atoms with Crippen molar-refractivity contribution in [1.82, 2.24) is 4.98 Å². The zero-order valence-corrected chi connectivity index (χ0v) is 10.3. The van der Waals surface area contributed by atoms with Crippen molar-refractivity contribution in [3.63, 3.8) is 0 Å². The van der Waals surface area contributed by atoms with Crippen LogP contribution >= 0.6 is 11.3 Å². The topological polar surface area (TPSA) is 12.9 Å². The van der Waals surface area contributed by atoms with Gasteiger partial charge < -0.3 is 0 Å². The van der Waals surface area contributed by atoms with E-state index < -0.39 is 0 Å². The van der Waals surface area contributed by atoms with Crippen molar-refractivity contribution >= 4 is 11.3 Å². The predicted octanol–water partition coefficient (Wildman–Crippen LogP) is 3.59. The monoisotopic (exact) mass is 229 g/mol. The molecule has 82 valence electrons. The molecule has 0 bridgehead atoms. The molecule has 0 saturated heterocycles. The van der Waals surface area contributed by atoms with Crippen molar-refractivity contribution in [2.45, 2.75) is 32.1 Å². The van der Waals surface area contributed by atoms with Crippen LogP contribution in [0.4, 0.5) is 0 Å². The lowest BCUT2D eigenvalue weighted by Crippen LogP contribution is -1.96. The van der Waals surface area contributed by atoms with Gasteiger partial charge in [-0.1, -0.05) is 31.2 Å². The van der Waals surface area contributed by atoms with Gasteiger partial charge in [-0.25, -0.2) is 4.98 Å². The van der Waals surface area contributed by atoms with Crippen LogP contribution in [0.1, 0.15) is 33.9 Å². The number of nitrogens with zero attached hydrogens (tertiary/aromatic N) is 1. The molecule has 0 fully saturated rings. The summed E-state index contributed by atoms with van der Waals surface area (Å²) in [6.07, 6.45) is 5.50. The van der Waals surface area contributed by atoms with Gasteiger partial charge in [-0.15, -0.1) is 11.3 Å². The molecule has 1 aromatic heterocycles. The molecule has 2 aromatic rings. The molecule has 0 saturated carbocycles. The van der Waals surface area contributed by atoms with E-state index in [-0.39, 0.29) is 0 Å². The molecular weight excluding hydrogens is 214 g/mol. The van der Waals surface area contributed by atoms with E-state index in [4.69, 9.17) is 0 Å². The maximum atomic E-state index is 4.57. The van der Waals surface area contributed by atoms with Crippen molar-refractivity contribution in [2.24, 2.45) is 0 Å². The average Bonchev–Trinajstić information content (AvgIpc) is 2.95. The minimum Gasteiger partial charge on any atom is -0.249 e. The minimum atomic E-state index is 0.627. The second-order valence-electron chi connectivity index (χ2n) is 4.39. The summed E-state index contributed by atoms with van der Waals surface area (Å²) < 4.78 is 0. The number of hydrogen-bond acceptors (Lipinski definition) is 2. The molecule has 1 nitrogen and oxygen atoms in total. The SMILES string of the molecule is CCc1cnc(C2Cc3ccccc3C2)s1. The second kappa shape index (κ2) is 4.02. The first-order valence-corrected chi connectivity index (χ1v) is 6.70. The molecule has 0 radical (unpaired) electrons. The number of benzene rings is 1. The number of aromatic nitrogens is 1. The van der Waals surface area contributed by atoms with Gasteiger partial charge in [0.05, 0.1) is 5.01 Å². The van der Waals surface area contributed by atoms with Gasteiger partial charge in [-0.3, -0.25) is 0 Å². The predicted molar refractivity (Wildman–Crippen MR) is 68.1 cm³/mol. The zero-order chi connectivity index (χ0) is 11.0. The summed E-state index contributed by atoms with van der Waals surface area (Å²) >= 11 is 1.89. The summed E-state index contributed by atoms with van der Waals surface area (Å²) in [5, 5.41) is 1.33. The normalized spacial score (nSPS) is 15.3. The quantitative estimate of drug-likeness (QED) is 0.767. The lowest BCUT2D eigenvalue weighted by molar-refractivity contribution is 0.734. The lowest BCUT2D eigenvalue weighted by Gasteiger charge is -2.02. The van der Waals surface area contributed by atoms with Crippen LogP contribution in [0.2, 0.25) is 0 Å². The van der Waals surface area contributed by atoms with Crippen molar-refractivity contribution in [3.05, 3.63) is 51.5 Å². The largest absolute Gasteiger partial charge is 0.249 e. The van der Waals surface area contributed by atoms with Crippen molar-refractivity contribution in [2.75, 3.05) is 0 Å². The van der Waals surface area contributed by atoms with E-state index in [2.05, 4.69) is 36.2 Å². The molecule has 2 heteroatoms.